The summed E-state index contributed by atoms with van der Waals surface area (Å²) in [6.07, 6.45) is -3.94. The summed E-state index contributed by atoms with van der Waals surface area (Å²) in [5, 5.41) is 14.6. The molecule has 11 nitrogen and oxygen atoms in total. The lowest BCUT2D eigenvalue weighted by Gasteiger charge is -2.37. The molecule has 0 unspecified atom stereocenters. The van der Waals surface area contributed by atoms with Gasteiger partial charge in [0.15, 0.2) is 24.0 Å². The van der Waals surface area contributed by atoms with Crippen molar-refractivity contribution in [3.05, 3.63) is 0 Å². The molecule has 7 atom stereocenters. The maximum atomic E-state index is 13.3. The Morgan fingerprint density at radius 2 is 1.27 bits per heavy atom. The van der Waals surface area contributed by atoms with Crippen LogP contribution in [0.1, 0.15) is 55.4 Å². The van der Waals surface area contributed by atoms with Crippen molar-refractivity contribution in [1.82, 2.24) is 10.6 Å². The van der Waals surface area contributed by atoms with Gasteiger partial charge in [-0.05, 0) is 39.5 Å². The Morgan fingerprint density at radius 1 is 0.758 bits per heavy atom. The van der Waals surface area contributed by atoms with Gasteiger partial charge in [0.25, 0.3) is 5.91 Å². The van der Waals surface area contributed by atoms with Crippen molar-refractivity contribution in [2.45, 2.75) is 110 Å². The molecule has 188 valence electrons. The van der Waals surface area contributed by atoms with Crippen LogP contribution in [0.2, 0.25) is 0 Å². The Labute approximate surface area is 193 Å². The fourth-order valence-corrected chi connectivity index (χ4v) is 4.35. The van der Waals surface area contributed by atoms with Gasteiger partial charge in [0.1, 0.15) is 30.4 Å². The number of carboxylic acids is 1. The van der Waals surface area contributed by atoms with Gasteiger partial charge in [0.05, 0.1) is 0 Å². The van der Waals surface area contributed by atoms with Crippen LogP contribution in [0.15, 0.2) is 0 Å². The minimum atomic E-state index is -1.14. The van der Waals surface area contributed by atoms with E-state index in [4.69, 9.17) is 23.7 Å². The van der Waals surface area contributed by atoms with E-state index in [0.717, 1.165) is 0 Å². The number of fused-ring (bicyclic) bond motifs is 3. The highest BCUT2D eigenvalue weighted by Crippen LogP contribution is 2.44. The zero-order valence-electron chi connectivity index (χ0n) is 20.4. The molecule has 3 N–H and O–H groups in total. The average Bonchev–Trinajstić information content (AvgIpc) is 3.15. The standard InChI is InChI=1S/C22H36N2O9/c1-9(2)11(17(25)24-12(10(3)4)19(27)28)23-18(26)15-13-14(31-21(5,6)30-13)16-20(29-15)33-22(7,8)32-16/h9-16,20H,1-8H3,(H,23,26)(H,24,25)(H,27,28)/t11-,12+,13-,14+,15+,16-,20-/m1/s1. The molecule has 3 aliphatic rings. The topological polar surface area (TPSA) is 142 Å². The molecule has 0 aromatic rings. The van der Waals surface area contributed by atoms with Crippen LogP contribution in [-0.4, -0.2) is 77.3 Å². The van der Waals surface area contributed by atoms with Crippen molar-refractivity contribution in [2.24, 2.45) is 11.8 Å². The minimum absolute atomic E-state index is 0.315. The van der Waals surface area contributed by atoms with Crippen molar-refractivity contribution in [1.29, 1.82) is 0 Å². The SMILES string of the molecule is CC(C)[C@H](NC(=O)[C@H](NC(=O)[C@H]1O[C@@H]2OC(C)(C)O[C@@H]2[C@H]2OC(C)(C)O[C@H]21)C(C)C)C(=O)O. The lowest BCUT2D eigenvalue weighted by atomic mass is 9.96. The largest absolute Gasteiger partial charge is 0.480 e. The predicted molar refractivity (Wildman–Crippen MR) is 114 cm³/mol. The van der Waals surface area contributed by atoms with E-state index in [1.165, 1.54) is 0 Å². The molecule has 0 aromatic heterocycles. The van der Waals surface area contributed by atoms with E-state index in [0.29, 0.717) is 0 Å². The molecule has 11 heteroatoms. The predicted octanol–water partition coefficient (Wildman–Crippen LogP) is 0.749. The Bertz CT molecular complexity index is 782. The van der Waals surface area contributed by atoms with Gasteiger partial charge in [-0.3, -0.25) is 9.59 Å². The van der Waals surface area contributed by atoms with Crippen LogP contribution < -0.4 is 10.6 Å². The quantitative estimate of drug-likeness (QED) is 0.489. The van der Waals surface area contributed by atoms with Gasteiger partial charge in [0.2, 0.25) is 5.91 Å². The third-order valence-electron chi connectivity index (χ3n) is 5.89. The number of carbonyl (C=O) groups excluding carboxylic acids is 2. The number of hydrogen-bond donors (Lipinski definition) is 3. The normalized spacial score (nSPS) is 33.8. The summed E-state index contributed by atoms with van der Waals surface area (Å²) in [5.74, 6) is -4.85. The molecule has 33 heavy (non-hydrogen) atoms. The fourth-order valence-electron chi connectivity index (χ4n) is 4.35. The molecule has 0 aromatic carbocycles. The summed E-state index contributed by atoms with van der Waals surface area (Å²) >= 11 is 0. The van der Waals surface area contributed by atoms with E-state index in [9.17, 15) is 19.5 Å². The van der Waals surface area contributed by atoms with Crippen molar-refractivity contribution in [3.63, 3.8) is 0 Å². The van der Waals surface area contributed by atoms with Crippen molar-refractivity contribution in [2.75, 3.05) is 0 Å². The van der Waals surface area contributed by atoms with Crippen LogP contribution >= 0.6 is 0 Å². The van der Waals surface area contributed by atoms with Crippen LogP contribution in [0.25, 0.3) is 0 Å². The molecule has 0 radical (unpaired) electrons. The average molecular weight is 473 g/mol. The maximum absolute atomic E-state index is 13.3. The molecule has 0 spiro atoms. The van der Waals surface area contributed by atoms with Crippen molar-refractivity contribution in [3.8, 4) is 0 Å². The molecule has 0 aliphatic carbocycles. The molecule has 0 saturated carbocycles. The van der Waals surface area contributed by atoms with Crippen molar-refractivity contribution >= 4 is 17.8 Å². The van der Waals surface area contributed by atoms with Gasteiger partial charge in [-0.15, -0.1) is 0 Å². The highest BCUT2D eigenvalue weighted by molar-refractivity contribution is 5.92. The third kappa shape index (κ3) is 5.48. The summed E-state index contributed by atoms with van der Waals surface area (Å²) in [7, 11) is 0. The maximum Gasteiger partial charge on any atom is 0.326 e. The van der Waals surface area contributed by atoms with Crippen LogP contribution in [-0.2, 0) is 38.1 Å². The smallest absolute Gasteiger partial charge is 0.326 e. The second-order valence-electron chi connectivity index (χ2n) is 10.4. The summed E-state index contributed by atoms with van der Waals surface area (Å²) in [6, 6.07) is -2.06. The van der Waals surface area contributed by atoms with E-state index in [1.54, 1.807) is 55.4 Å². The van der Waals surface area contributed by atoms with Crippen molar-refractivity contribution < 1.29 is 43.2 Å². The zero-order chi connectivity index (χ0) is 24.9. The lowest BCUT2D eigenvalue weighted by Crippen LogP contribution is -2.62. The number of hydrogen-bond acceptors (Lipinski definition) is 8. The second kappa shape index (κ2) is 9.10. The molecule has 3 saturated heterocycles. The van der Waals surface area contributed by atoms with E-state index < -0.39 is 72.1 Å². The third-order valence-corrected chi connectivity index (χ3v) is 5.89. The highest BCUT2D eigenvalue weighted by Gasteiger charge is 2.62. The fraction of sp³-hybridized carbons (Fsp3) is 0.864. The van der Waals surface area contributed by atoms with E-state index in [-0.39, 0.29) is 11.8 Å². The lowest BCUT2D eigenvalue weighted by molar-refractivity contribution is -0.231. The number of carbonyl (C=O) groups is 3. The van der Waals surface area contributed by atoms with Gasteiger partial charge in [0, 0.05) is 0 Å². The Kier molecular flexibility index (Phi) is 7.12. The Morgan fingerprint density at radius 3 is 1.82 bits per heavy atom. The van der Waals surface area contributed by atoms with E-state index in [2.05, 4.69) is 10.6 Å². The molecular formula is C22H36N2O9. The molecule has 2 amide bonds. The van der Waals surface area contributed by atoms with Crippen LogP contribution in [0.5, 0.6) is 0 Å². The summed E-state index contributed by atoms with van der Waals surface area (Å²) in [5.41, 5.74) is 0. The number of nitrogens with one attached hydrogen (secondary N) is 2. The first-order valence-electron chi connectivity index (χ1n) is 11.3. The zero-order valence-corrected chi connectivity index (χ0v) is 20.4. The Hall–Kier alpha value is -1.79. The number of rotatable bonds is 7. The first kappa shape index (κ1) is 25.8. The molecule has 0 bridgehead atoms. The van der Waals surface area contributed by atoms with Gasteiger partial charge in [-0.1, -0.05) is 27.7 Å². The first-order chi connectivity index (χ1) is 15.1. The molecular weight excluding hydrogens is 436 g/mol. The van der Waals surface area contributed by atoms with E-state index >= 15 is 0 Å². The molecule has 3 heterocycles. The van der Waals surface area contributed by atoms with Crippen LogP contribution in [0.4, 0.5) is 0 Å². The van der Waals surface area contributed by atoms with Gasteiger partial charge < -0.3 is 39.4 Å². The van der Waals surface area contributed by atoms with Gasteiger partial charge in [-0.2, -0.15) is 0 Å². The molecule has 3 rings (SSSR count). The molecule has 3 fully saturated rings. The van der Waals surface area contributed by atoms with Gasteiger partial charge >= 0.3 is 5.97 Å². The minimum Gasteiger partial charge on any atom is -0.480 e. The monoisotopic (exact) mass is 472 g/mol. The van der Waals surface area contributed by atoms with E-state index in [1.807, 2.05) is 0 Å². The number of ether oxygens (including phenoxy) is 5. The summed E-state index contributed by atoms with van der Waals surface area (Å²) in [4.78, 5) is 37.7. The highest BCUT2D eigenvalue weighted by atomic mass is 16.9. The number of carboxylic acid groups (broad SMARTS) is 1. The summed E-state index contributed by atoms with van der Waals surface area (Å²) < 4.78 is 29.7. The van der Waals surface area contributed by atoms with Crippen LogP contribution in [0, 0.1) is 11.8 Å². The van der Waals surface area contributed by atoms with Gasteiger partial charge in [-0.25, -0.2) is 4.79 Å². The second-order valence-corrected chi connectivity index (χ2v) is 10.4. The van der Waals surface area contributed by atoms with Crippen LogP contribution in [0.3, 0.4) is 0 Å². The number of aliphatic carboxylic acids is 1. The first-order valence-corrected chi connectivity index (χ1v) is 11.3. The molecule has 3 aliphatic heterocycles. The number of amides is 2. The summed E-state index contributed by atoms with van der Waals surface area (Å²) in [6.45, 7) is 13.9. The Balaban J connectivity index is 1.78.